The van der Waals surface area contributed by atoms with Crippen molar-refractivity contribution in [2.24, 2.45) is 28.9 Å². The van der Waals surface area contributed by atoms with Gasteiger partial charge in [0.1, 0.15) is 90.3 Å². The summed E-state index contributed by atoms with van der Waals surface area (Å²) >= 11 is 8.51. The van der Waals surface area contributed by atoms with Crippen molar-refractivity contribution < 1.29 is 117 Å². The number of amides is 18. The number of hydrogen-bond acceptors (Lipinski definition) is 26. The number of aliphatic hydroxyl groups excluding tert-OH is 3. The Balaban J connectivity index is 1.26. The molecule has 4 aromatic carbocycles. The highest BCUT2D eigenvalue weighted by Gasteiger charge is 2.41. The Morgan fingerprint density at radius 2 is 0.713 bits per heavy atom. The van der Waals surface area contributed by atoms with E-state index >= 15 is 14.4 Å². The molecule has 0 aliphatic heterocycles. The van der Waals surface area contributed by atoms with Gasteiger partial charge in [0.05, 0.1) is 25.4 Å². The minimum Gasteiger partial charge on any atom is -0.508 e. The molecule has 0 bridgehead atoms. The molecular weight excluding hydrogens is 1820 g/mol. The van der Waals surface area contributed by atoms with Crippen LogP contribution in [0.15, 0.2) is 116 Å². The summed E-state index contributed by atoms with van der Waals surface area (Å²) in [6.45, 7) is 4.58. The molecule has 16 atom stereocenters. The molecule has 0 fully saturated rings. The zero-order chi connectivity index (χ0) is 101. The van der Waals surface area contributed by atoms with Crippen LogP contribution >= 0.6 is 25.3 Å². The Labute approximate surface area is 790 Å². The molecule has 0 spiro atoms. The number of hydrogen-bond donors (Lipinski definition) is 30. The smallest absolute Gasteiger partial charge is 0.303 e. The van der Waals surface area contributed by atoms with Gasteiger partial charge >= 0.3 is 5.97 Å². The summed E-state index contributed by atoms with van der Waals surface area (Å²) in [5.74, 6) is -23.1. The number of carbonyl (C=O) groups is 19. The maximum absolute atomic E-state index is 15.3. The van der Waals surface area contributed by atoms with Gasteiger partial charge in [0, 0.05) is 104 Å². The highest BCUT2D eigenvalue weighted by Crippen LogP contribution is 2.23. The lowest BCUT2D eigenvalue weighted by Gasteiger charge is -2.29. The summed E-state index contributed by atoms with van der Waals surface area (Å²) in [5.41, 5.74) is 24.5. The lowest BCUT2D eigenvalue weighted by molar-refractivity contribution is -0.139. The maximum atomic E-state index is 15.3. The average Bonchev–Trinajstić information content (AvgIpc) is 1.74. The Hall–Kier alpha value is -14.5. The van der Waals surface area contributed by atoms with E-state index in [1.54, 1.807) is 98.9 Å². The van der Waals surface area contributed by atoms with Crippen LogP contribution < -0.4 is 108 Å². The molecule has 0 radical (unpaired) electrons. The molecule has 0 saturated carbocycles. The van der Waals surface area contributed by atoms with Gasteiger partial charge in [-0.05, 0) is 98.4 Å². The number of phenolic OH excluding ortho intramolecular Hbond substituents is 1. The second kappa shape index (κ2) is 54.6. The lowest BCUT2D eigenvalue weighted by atomic mass is 10.0. The fourth-order valence-electron chi connectivity index (χ4n) is 14.0. The molecule has 0 aliphatic rings. The SMILES string of the molecule is CC(=O)N[C@H](C(=O)N[C@@H](CCC(N)=O)C(=O)N[C@@H](CCC(=O)O)C(=O)N[C@@H](CS)C(=O)N[C@@H](CO)C(=O)N[C@H](C(=O)N[C@@H](Cc1c[nH]c2ccccc12)C(=O)N[C@@H](CCC(N)=O)C(=O)N[C@@H](CS)C(=O)N[C@@H](Cc1ccc(O)cc1)C(=O)N[C@@H](Cc1c[nH]c2ccccc12)C(=O)N[C@@H](CCCNC(=N)N)C(=O)N[C@H](C(=O)N[C@@H](Cc1ccccc1)C(=O)NCC(N)=O)[C@@H](C)O)[C@@H](C)O)C(C)C. The Bertz CT molecular complexity index is 5240. The number of aliphatic hydroxyl groups is 3. The molecule has 0 aliphatic carbocycles. The van der Waals surface area contributed by atoms with Gasteiger partial charge in [-0.3, -0.25) is 96.5 Å². The van der Waals surface area contributed by atoms with Crippen molar-refractivity contribution in [1.29, 1.82) is 5.41 Å². The van der Waals surface area contributed by atoms with Gasteiger partial charge in [-0.1, -0.05) is 92.7 Å². The molecule has 49 heteroatoms. The number of para-hydroxylation sites is 2. The predicted molar refractivity (Wildman–Crippen MR) is 497 cm³/mol. The number of phenols is 1. The van der Waals surface area contributed by atoms with E-state index in [0.29, 0.717) is 38.5 Å². The van der Waals surface area contributed by atoms with Gasteiger partial charge in [0.15, 0.2) is 5.96 Å². The van der Waals surface area contributed by atoms with Crippen molar-refractivity contribution in [3.63, 3.8) is 0 Å². The minimum atomic E-state index is -2.09. The predicted octanol–water partition coefficient (Wildman–Crippen LogP) is -7.04. The monoisotopic (exact) mass is 1930 g/mol. The van der Waals surface area contributed by atoms with E-state index in [-0.39, 0.29) is 43.5 Å². The third kappa shape index (κ3) is 35.8. The quantitative estimate of drug-likeness (QED) is 0.00730. The van der Waals surface area contributed by atoms with E-state index in [1.807, 2.05) is 0 Å². The second-order valence-corrected chi connectivity index (χ2v) is 33.1. The molecule has 0 unspecified atom stereocenters. The van der Waals surface area contributed by atoms with Crippen molar-refractivity contribution in [2.75, 3.05) is 31.2 Å². The number of guanidine groups is 1. The minimum absolute atomic E-state index is 0.0130. The Morgan fingerprint density at radius 3 is 1.11 bits per heavy atom. The van der Waals surface area contributed by atoms with Gasteiger partial charge < -0.3 is 144 Å². The number of nitrogens with one attached hydrogen (secondary N) is 19. The highest BCUT2D eigenvalue weighted by molar-refractivity contribution is 7.80. The van der Waals surface area contributed by atoms with E-state index in [0.717, 1.165) is 20.8 Å². The fraction of sp³-hybridized carbons (Fsp3) is 0.448. The summed E-state index contributed by atoms with van der Waals surface area (Å²) in [6.07, 6.45) is -5.81. The van der Waals surface area contributed by atoms with Crippen LogP contribution in [0, 0.1) is 11.3 Å². The molecule has 0 saturated heterocycles. The van der Waals surface area contributed by atoms with Crippen LogP contribution in [0.2, 0.25) is 0 Å². The molecule has 18 amide bonds. The van der Waals surface area contributed by atoms with Crippen LogP contribution in [0.5, 0.6) is 5.75 Å². The summed E-state index contributed by atoms with van der Waals surface area (Å²) in [5, 5.41) is 101. The number of benzene rings is 4. The number of rotatable bonds is 57. The number of aliphatic carboxylic acids is 1. The number of thiol groups is 2. The maximum Gasteiger partial charge on any atom is 0.303 e. The standard InChI is InChI=1S/C87H119N23O24S2/c1-42(2)70(97-45(5)114)84(132)101-57(26-29-67(89)117)74(122)99-58(27-30-69(119)120)76(124)108-65(41-136)83(131)106-63(39-111)81(129)110-72(44(4)113)86(134)105-62(35-49-37-95-54-19-12-10-17-52(49)54)80(128)100-56(25-28-66(88)116)75(123)107-64(40-135)82(130)102-60(33-47-21-23-50(115)24-22-47)78(126)103-61(34-48-36-94-53-18-11-9-16-51(48)53)79(127)98-55(20-13-31-93-87(91)92)77(125)109-71(43(3)112)85(133)104-59(73(121)96-38-68(90)118)32-46-14-7-6-8-15-46/h6-12,14-19,21-24,36-37,42-44,55-65,70-72,94-95,111-113,115,135-136H,13,20,25-35,38-41H2,1-5H3,(H2,88,116)(H2,89,117)(H2,90,118)(H,96,121)(H,97,114)(H,98,127)(H,99,122)(H,100,128)(H,101,132)(H,102,130)(H,103,126)(H,104,133)(H,105,134)(H,106,131)(H,107,123)(H,108,124)(H,109,125)(H,110,129)(H,119,120)(H4,91,92,93)/t43-,44-,55+,56+,57+,58+,59+,60+,61+,62+,63+,64+,65+,70+,71+,72+/m1/s1. The first-order valence-corrected chi connectivity index (χ1v) is 44.4. The van der Waals surface area contributed by atoms with Crippen LogP contribution in [0.1, 0.15) is 108 Å². The number of aromatic amines is 2. The number of aromatic nitrogens is 2. The third-order valence-corrected chi connectivity index (χ3v) is 22.0. The summed E-state index contributed by atoms with van der Waals surface area (Å²) < 4.78 is 0. The van der Waals surface area contributed by atoms with Crippen molar-refractivity contribution in [1.82, 2.24) is 95.0 Å². The summed E-state index contributed by atoms with van der Waals surface area (Å²) in [4.78, 5) is 268. The number of primary amides is 3. The van der Waals surface area contributed by atoms with E-state index in [1.165, 1.54) is 30.5 Å². The number of aromatic hydroxyl groups is 1. The van der Waals surface area contributed by atoms with Gasteiger partial charge in [0.2, 0.25) is 106 Å². The number of nitrogens with two attached hydrogens (primary N) is 4. The fourth-order valence-corrected chi connectivity index (χ4v) is 14.5. The zero-order valence-corrected chi connectivity index (χ0v) is 76.8. The number of carboxylic acid groups (broad SMARTS) is 1. The number of fused-ring (bicyclic) bond motifs is 2. The third-order valence-electron chi connectivity index (χ3n) is 21.2. The lowest BCUT2D eigenvalue weighted by Crippen LogP contribution is -2.63. The molecule has 6 rings (SSSR count). The van der Waals surface area contributed by atoms with Crippen molar-refractivity contribution >= 4 is 165 Å². The second-order valence-electron chi connectivity index (χ2n) is 32.4. The van der Waals surface area contributed by atoms with Crippen molar-refractivity contribution in [3.8, 4) is 5.75 Å². The van der Waals surface area contributed by atoms with Crippen LogP contribution in [0.4, 0.5) is 0 Å². The summed E-state index contributed by atoms with van der Waals surface area (Å²) in [7, 11) is 0. The molecule has 136 heavy (non-hydrogen) atoms. The number of carbonyl (C=O) groups excluding carboxylic acids is 18. The Kier molecular flexibility index (Phi) is 44.3. The molecule has 32 N–H and O–H groups in total. The highest BCUT2D eigenvalue weighted by atomic mass is 32.1. The van der Waals surface area contributed by atoms with Gasteiger partial charge in [0.25, 0.3) is 0 Å². The molecule has 6 aromatic rings. The van der Waals surface area contributed by atoms with E-state index in [9.17, 15) is 102 Å². The van der Waals surface area contributed by atoms with Crippen LogP contribution in [-0.2, 0) is 117 Å². The molecule has 2 heterocycles. The molecular formula is C87H119N23O24S2. The van der Waals surface area contributed by atoms with Gasteiger partial charge in [-0.15, -0.1) is 0 Å². The first-order chi connectivity index (χ1) is 64.4. The van der Waals surface area contributed by atoms with Crippen molar-refractivity contribution in [3.05, 3.63) is 138 Å². The van der Waals surface area contributed by atoms with Gasteiger partial charge in [-0.25, -0.2) is 0 Å². The molecule has 47 nitrogen and oxygen atoms in total. The van der Waals surface area contributed by atoms with E-state index < -0.39 is 297 Å². The number of H-pyrrole nitrogens is 2. The normalized spacial score (nSPS) is 14.7. The first-order valence-electron chi connectivity index (χ1n) is 43.2. The zero-order valence-electron chi connectivity index (χ0n) is 75.0. The topological polar surface area (TPSA) is 777 Å². The van der Waals surface area contributed by atoms with Crippen molar-refractivity contribution in [2.45, 2.75) is 208 Å². The average molecular weight is 1940 g/mol. The van der Waals surface area contributed by atoms with E-state index in [4.69, 9.17) is 28.3 Å². The Morgan fingerprint density at radius 1 is 0.375 bits per heavy atom. The van der Waals surface area contributed by atoms with Crippen LogP contribution in [-0.4, -0.2) is 282 Å². The summed E-state index contributed by atoms with van der Waals surface area (Å²) in [6, 6.07) is 2.85. The van der Waals surface area contributed by atoms with Crippen LogP contribution in [0.25, 0.3) is 21.8 Å². The number of carboxylic acids is 1. The first kappa shape index (κ1) is 110. The van der Waals surface area contributed by atoms with Crippen LogP contribution in [0.3, 0.4) is 0 Å². The largest absolute Gasteiger partial charge is 0.508 e. The molecule has 738 valence electrons. The molecule has 2 aromatic heterocycles. The van der Waals surface area contributed by atoms with Gasteiger partial charge in [-0.2, -0.15) is 25.3 Å². The van der Waals surface area contributed by atoms with E-state index in [2.05, 4.69) is 120 Å².